The van der Waals surface area contributed by atoms with Gasteiger partial charge in [-0.25, -0.2) is 0 Å². The normalized spacial score (nSPS) is 17.7. The summed E-state index contributed by atoms with van der Waals surface area (Å²) in [6.07, 6.45) is 11.8. The van der Waals surface area contributed by atoms with Crippen LogP contribution in [0.2, 0.25) is 0 Å². The van der Waals surface area contributed by atoms with Gasteiger partial charge in [-0.1, -0.05) is 52.0 Å². The molecule has 2 aromatic carbocycles. The Morgan fingerprint density at radius 3 is 1.27 bits per heavy atom. The second-order valence-electron chi connectivity index (χ2n) is 13.3. The molecule has 0 spiro atoms. The predicted molar refractivity (Wildman–Crippen MR) is 190 cm³/mol. The topological polar surface area (TPSA) is 96.0 Å². The van der Waals surface area contributed by atoms with Gasteiger partial charge in [-0.2, -0.15) is 0 Å². The van der Waals surface area contributed by atoms with Crippen molar-refractivity contribution in [2.45, 2.75) is 44.9 Å². The number of methoxy groups -OCH3 is 6. The molecule has 0 bridgehead atoms. The van der Waals surface area contributed by atoms with E-state index in [0.717, 1.165) is 33.4 Å². The molecule has 262 valence electrons. The van der Waals surface area contributed by atoms with Crippen molar-refractivity contribution in [2.75, 3.05) is 68.8 Å². The van der Waals surface area contributed by atoms with Crippen LogP contribution in [0.15, 0.2) is 47.6 Å². The molecular weight excluding hydrogens is 624 g/mol. The van der Waals surface area contributed by atoms with Gasteiger partial charge in [0.1, 0.15) is 0 Å². The fourth-order valence-electron chi connectivity index (χ4n) is 7.26. The number of carbonyl (C=O) groups is 2. The highest BCUT2D eigenvalue weighted by molar-refractivity contribution is 5.91. The van der Waals surface area contributed by atoms with E-state index < -0.39 is 10.8 Å². The summed E-state index contributed by atoms with van der Waals surface area (Å²) in [5.74, 6) is 3.32. The smallest absolute Gasteiger partial charge is 0.246 e. The lowest BCUT2D eigenvalue weighted by Gasteiger charge is -2.27. The lowest BCUT2D eigenvalue weighted by Crippen LogP contribution is -2.36. The molecule has 3 aliphatic rings. The molecule has 1 aliphatic heterocycles. The largest absolute Gasteiger partial charge is 0.493 e. The van der Waals surface area contributed by atoms with Crippen LogP contribution >= 0.6 is 0 Å². The van der Waals surface area contributed by atoms with E-state index in [1.165, 1.54) is 0 Å². The fraction of sp³-hybridized carbons (Fsp3) is 0.436. The first-order valence-corrected chi connectivity index (χ1v) is 16.4. The SMILES string of the molecule is COc1cc2c(c(OC)c1OC)C(C)(C)C(/C=C/C(=O)N1CCCN(C(=O)/C=C/C3=Cc4cc(OC)c(OC)c(OC)c4C3(C)C)CC1)=C2. The van der Waals surface area contributed by atoms with Crippen LogP contribution in [0.1, 0.15) is 56.4 Å². The van der Waals surface area contributed by atoms with E-state index in [4.69, 9.17) is 28.4 Å². The Labute approximate surface area is 289 Å². The molecule has 2 aliphatic carbocycles. The van der Waals surface area contributed by atoms with Gasteiger partial charge in [0.15, 0.2) is 23.0 Å². The highest BCUT2D eigenvalue weighted by Crippen LogP contribution is 2.54. The van der Waals surface area contributed by atoms with Crippen molar-refractivity contribution in [1.29, 1.82) is 0 Å². The first-order valence-electron chi connectivity index (χ1n) is 16.4. The molecule has 0 saturated carbocycles. The third kappa shape index (κ3) is 6.24. The van der Waals surface area contributed by atoms with Crippen molar-refractivity contribution in [3.8, 4) is 34.5 Å². The molecule has 10 nitrogen and oxygen atoms in total. The van der Waals surface area contributed by atoms with Crippen molar-refractivity contribution < 1.29 is 38.0 Å². The first-order chi connectivity index (χ1) is 23.4. The van der Waals surface area contributed by atoms with Crippen LogP contribution in [0.3, 0.4) is 0 Å². The molecule has 0 unspecified atom stereocenters. The van der Waals surface area contributed by atoms with Crippen LogP contribution in [0.5, 0.6) is 34.5 Å². The van der Waals surface area contributed by atoms with Gasteiger partial charge in [0.25, 0.3) is 0 Å². The fourth-order valence-corrected chi connectivity index (χ4v) is 7.26. The van der Waals surface area contributed by atoms with Gasteiger partial charge in [0.2, 0.25) is 23.3 Å². The van der Waals surface area contributed by atoms with E-state index in [9.17, 15) is 9.59 Å². The van der Waals surface area contributed by atoms with Crippen molar-refractivity contribution in [1.82, 2.24) is 9.80 Å². The minimum Gasteiger partial charge on any atom is -0.493 e. The number of carbonyl (C=O) groups excluding carboxylic acids is 2. The standard InChI is InChI=1S/C39H48N2O8/c1-38(2)26(20-24-22-28(44-5)34(46-7)36(48-9)32(24)38)12-14-30(42)40-16-11-17-41(19-18-40)31(43)15-13-27-21-25-23-29(45-6)35(47-8)37(49-10)33(25)39(27,3)4/h12-15,20-23H,11,16-19H2,1-10H3/b14-12+,15-13+. The summed E-state index contributed by atoms with van der Waals surface area (Å²) in [5.41, 5.74) is 4.97. The molecule has 0 aromatic heterocycles. The molecule has 49 heavy (non-hydrogen) atoms. The van der Waals surface area contributed by atoms with E-state index in [0.29, 0.717) is 67.1 Å². The summed E-state index contributed by atoms with van der Waals surface area (Å²) in [5, 5.41) is 0. The third-order valence-corrected chi connectivity index (χ3v) is 9.97. The minimum absolute atomic E-state index is 0.0879. The van der Waals surface area contributed by atoms with E-state index >= 15 is 0 Å². The summed E-state index contributed by atoms with van der Waals surface area (Å²) in [6.45, 7) is 10.4. The van der Waals surface area contributed by atoms with E-state index in [1.807, 2.05) is 34.1 Å². The number of benzene rings is 2. The number of rotatable bonds is 10. The van der Waals surface area contributed by atoms with Crippen molar-refractivity contribution >= 4 is 24.0 Å². The Morgan fingerprint density at radius 2 is 0.939 bits per heavy atom. The molecule has 5 rings (SSSR count). The molecule has 1 heterocycles. The van der Waals surface area contributed by atoms with Crippen LogP contribution in [-0.4, -0.2) is 90.5 Å². The Morgan fingerprint density at radius 1 is 0.571 bits per heavy atom. The van der Waals surface area contributed by atoms with Crippen LogP contribution in [0, 0.1) is 0 Å². The first kappa shape index (κ1) is 35.4. The maximum atomic E-state index is 13.4. The quantitative estimate of drug-likeness (QED) is 0.286. The van der Waals surface area contributed by atoms with E-state index in [-0.39, 0.29) is 11.8 Å². The third-order valence-electron chi connectivity index (χ3n) is 9.97. The van der Waals surface area contributed by atoms with Gasteiger partial charge >= 0.3 is 0 Å². The van der Waals surface area contributed by atoms with Crippen LogP contribution in [0.25, 0.3) is 12.2 Å². The highest BCUT2D eigenvalue weighted by atomic mass is 16.5. The van der Waals surface area contributed by atoms with Gasteiger partial charge in [-0.15, -0.1) is 0 Å². The number of amides is 2. The second kappa shape index (κ2) is 13.9. The number of fused-ring (bicyclic) bond motifs is 2. The maximum Gasteiger partial charge on any atom is 0.246 e. The summed E-state index contributed by atoms with van der Waals surface area (Å²) in [4.78, 5) is 30.4. The summed E-state index contributed by atoms with van der Waals surface area (Å²) >= 11 is 0. The molecule has 10 heteroatoms. The number of ether oxygens (including phenoxy) is 6. The zero-order valence-corrected chi connectivity index (χ0v) is 30.3. The van der Waals surface area contributed by atoms with Crippen LogP contribution in [0.4, 0.5) is 0 Å². The Kier molecular flexibility index (Phi) is 10.1. The Hall–Kier alpha value is -4.86. The Balaban J connectivity index is 1.25. The van der Waals surface area contributed by atoms with Crippen LogP contribution < -0.4 is 28.4 Å². The molecule has 0 radical (unpaired) electrons. The second-order valence-corrected chi connectivity index (χ2v) is 13.3. The van der Waals surface area contributed by atoms with Gasteiger partial charge in [-0.05, 0) is 40.8 Å². The van der Waals surface area contributed by atoms with Gasteiger partial charge in [-0.3, -0.25) is 9.59 Å². The molecular formula is C39H48N2O8. The summed E-state index contributed by atoms with van der Waals surface area (Å²) in [7, 11) is 9.61. The summed E-state index contributed by atoms with van der Waals surface area (Å²) < 4.78 is 33.9. The average molecular weight is 673 g/mol. The molecule has 0 atom stereocenters. The summed E-state index contributed by atoms with van der Waals surface area (Å²) in [6, 6.07) is 3.87. The highest BCUT2D eigenvalue weighted by Gasteiger charge is 2.39. The monoisotopic (exact) mass is 672 g/mol. The molecule has 2 amide bonds. The number of hydrogen-bond acceptors (Lipinski definition) is 8. The number of nitrogens with zero attached hydrogens (tertiary/aromatic N) is 2. The van der Waals surface area contributed by atoms with Gasteiger partial charge in [0, 0.05) is 60.3 Å². The van der Waals surface area contributed by atoms with Gasteiger partial charge in [0.05, 0.1) is 42.7 Å². The van der Waals surface area contributed by atoms with Gasteiger partial charge < -0.3 is 38.2 Å². The van der Waals surface area contributed by atoms with Crippen molar-refractivity contribution in [3.05, 3.63) is 69.8 Å². The van der Waals surface area contributed by atoms with E-state index in [2.05, 4.69) is 39.8 Å². The van der Waals surface area contributed by atoms with E-state index in [1.54, 1.807) is 54.8 Å². The number of allylic oxidation sites excluding steroid dienone is 4. The van der Waals surface area contributed by atoms with Crippen LogP contribution in [-0.2, 0) is 20.4 Å². The molecule has 1 saturated heterocycles. The lowest BCUT2D eigenvalue weighted by atomic mass is 9.80. The average Bonchev–Trinajstić information content (AvgIpc) is 3.34. The molecule has 2 aromatic rings. The Bertz CT molecular complexity index is 1640. The zero-order chi connectivity index (χ0) is 35.7. The van der Waals surface area contributed by atoms with Crippen molar-refractivity contribution in [3.63, 3.8) is 0 Å². The number of hydrogen-bond donors (Lipinski definition) is 0. The minimum atomic E-state index is -0.431. The zero-order valence-electron chi connectivity index (χ0n) is 30.3. The van der Waals surface area contributed by atoms with Crippen molar-refractivity contribution in [2.24, 2.45) is 0 Å². The maximum absolute atomic E-state index is 13.4. The molecule has 1 fully saturated rings. The predicted octanol–water partition coefficient (Wildman–Crippen LogP) is 5.96. The lowest BCUT2D eigenvalue weighted by molar-refractivity contribution is -0.128. The molecule has 0 N–H and O–H groups in total.